The maximum atomic E-state index is 6.00. The van der Waals surface area contributed by atoms with Gasteiger partial charge in [0.1, 0.15) is 5.60 Å². The van der Waals surface area contributed by atoms with Gasteiger partial charge < -0.3 is 15.2 Å². The van der Waals surface area contributed by atoms with Crippen molar-refractivity contribution in [3.63, 3.8) is 0 Å². The number of rotatable bonds is 2. The fourth-order valence-electron chi connectivity index (χ4n) is 2.55. The van der Waals surface area contributed by atoms with Crippen LogP contribution < -0.4 is 15.2 Å². The molecule has 0 aliphatic carbocycles. The molecule has 0 saturated carbocycles. The van der Waals surface area contributed by atoms with Gasteiger partial charge in [0.05, 0.1) is 5.69 Å². The van der Waals surface area contributed by atoms with Crippen LogP contribution in [0.2, 0.25) is 0 Å². The average Bonchev–Trinajstić information content (AvgIpc) is 2.67. The highest BCUT2D eigenvalue weighted by atomic mass is 16.5. The van der Waals surface area contributed by atoms with Crippen molar-refractivity contribution < 1.29 is 9.47 Å². The Labute approximate surface area is 119 Å². The number of aryl methyl sites for hydroxylation is 1. The molecule has 1 heterocycles. The van der Waals surface area contributed by atoms with Crippen molar-refractivity contribution in [3.8, 4) is 17.2 Å². The maximum absolute atomic E-state index is 6.00. The lowest BCUT2D eigenvalue weighted by atomic mass is 10.0. The Balaban J connectivity index is 1.95. The molecule has 0 aromatic heterocycles. The van der Waals surface area contributed by atoms with Gasteiger partial charge in [-0.1, -0.05) is 18.2 Å². The topological polar surface area (TPSA) is 44.5 Å². The predicted octanol–water partition coefficient (Wildman–Crippen LogP) is 4.08. The first-order valence-electron chi connectivity index (χ1n) is 6.79. The second-order valence-corrected chi connectivity index (χ2v) is 5.93. The van der Waals surface area contributed by atoms with E-state index in [1.54, 1.807) is 0 Å². The van der Waals surface area contributed by atoms with Gasteiger partial charge in [-0.3, -0.25) is 0 Å². The van der Waals surface area contributed by atoms with E-state index in [9.17, 15) is 0 Å². The summed E-state index contributed by atoms with van der Waals surface area (Å²) in [4.78, 5) is 0. The molecule has 0 radical (unpaired) electrons. The average molecular weight is 269 g/mol. The standard InChI is InChI=1S/C17H19NO2/c1-11-7-8-14(13(18)9-11)19-15-6-4-5-12-10-17(2,3)20-16(12)15/h4-9H,10,18H2,1-3H3. The van der Waals surface area contributed by atoms with E-state index >= 15 is 0 Å². The molecule has 0 amide bonds. The van der Waals surface area contributed by atoms with Crippen molar-refractivity contribution >= 4 is 5.69 Å². The van der Waals surface area contributed by atoms with Crippen LogP contribution in [-0.4, -0.2) is 5.60 Å². The van der Waals surface area contributed by atoms with E-state index in [-0.39, 0.29) is 5.60 Å². The third-order valence-corrected chi connectivity index (χ3v) is 3.44. The van der Waals surface area contributed by atoms with Crippen molar-refractivity contribution in [2.45, 2.75) is 32.8 Å². The first-order chi connectivity index (χ1) is 9.44. The molecule has 20 heavy (non-hydrogen) atoms. The highest BCUT2D eigenvalue weighted by Crippen LogP contribution is 2.44. The first-order valence-corrected chi connectivity index (χ1v) is 6.79. The first kappa shape index (κ1) is 12.9. The molecule has 0 unspecified atom stereocenters. The Kier molecular flexibility index (Phi) is 2.85. The number of nitrogens with two attached hydrogens (primary N) is 1. The Morgan fingerprint density at radius 1 is 1.15 bits per heavy atom. The lowest BCUT2D eigenvalue weighted by Gasteiger charge is -2.18. The number of para-hydroxylation sites is 1. The Morgan fingerprint density at radius 3 is 2.70 bits per heavy atom. The summed E-state index contributed by atoms with van der Waals surface area (Å²) in [6, 6.07) is 11.8. The summed E-state index contributed by atoms with van der Waals surface area (Å²) < 4.78 is 11.9. The minimum Gasteiger partial charge on any atom is -0.483 e. The number of fused-ring (bicyclic) bond motifs is 1. The maximum Gasteiger partial charge on any atom is 0.169 e. The summed E-state index contributed by atoms with van der Waals surface area (Å²) in [6.45, 7) is 6.17. The number of hydrogen-bond acceptors (Lipinski definition) is 3. The Hall–Kier alpha value is -2.16. The molecule has 0 fully saturated rings. The second kappa shape index (κ2) is 4.44. The smallest absolute Gasteiger partial charge is 0.169 e. The summed E-state index contributed by atoms with van der Waals surface area (Å²) in [5.74, 6) is 2.22. The van der Waals surface area contributed by atoms with Gasteiger partial charge in [-0.05, 0) is 44.5 Å². The van der Waals surface area contributed by atoms with Crippen molar-refractivity contribution in [2.24, 2.45) is 0 Å². The van der Waals surface area contributed by atoms with Gasteiger partial charge >= 0.3 is 0 Å². The Bertz CT molecular complexity index is 662. The van der Waals surface area contributed by atoms with E-state index in [2.05, 4.69) is 19.9 Å². The summed E-state index contributed by atoms with van der Waals surface area (Å²) in [7, 11) is 0. The number of benzene rings is 2. The van der Waals surface area contributed by atoms with Crippen LogP contribution in [0.15, 0.2) is 36.4 Å². The minimum absolute atomic E-state index is 0.180. The normalized spacial score (nSPS) is 15.6. The molecule has 3 nitrogen and oxygen atoms in total. The van der Waals surface area contributed by atoms with Crippen LogP contribution in [0.1, 0.15) is 25.0 Å². The molecular formula is C17H19NO2. The fraction of sp³-hybridized carbons (Fsp3) is 0.294. The van der Waals surface area contributed by atoms with Crippen LogP contribution in [0.3, 0.4) is 0 Å². The highest BCUT2D eigenvalue weighted by Gasteiger charge is 2.32. The van der Waals surface area contributed by atoms with E-state index in [1.165, 1.54) is 5.56 Å². The van der Waals surface area contributed by atoms with Crippen LogP contribution in [0.4, 0.5) is 5.69 Å². The van der Waals surface area contributed by atoms with Crippen molar-refractivity contribution in [1.82, 2.24) is 0 Å². The van der Waals surface area contributed by atoms with Crippen molar-refractivity contribution in [3.05, 3.63) is 47.5 Å². The van der Waals surface area contributed by atoms with Gasteiger partial charge in [-0.2, -0.15) is 0 Å². The van der Waals surface area contributed by atoms with Gasteiger partial charge in [0.2, 0.25) is 0 Å². The molecule has 0 saturated heterocycles. The Morgan fingerprint density at radius 2 is 1.95 bits per heavy atom. The zero-order valence-corrected chi connectivity index (χ0v) is 12.1. The number of nitrogen functional groups attached to an aromatic ring is 1. The zero-order chi connectivity index (χ0) is 14.3. The van der Waals surface area contributed by atoms with Gasteiger partial charge in [0, 0.05) is 12.0 Å². The molecular weight excluding hydrogens is 250 g/mol. The molecule has 3 rings (SSSR count). The number of hydrogen-bond donors (Lipinski definition) is 1. The lowest BCUT2D eigenvalue weighted by Crippen LogP contribution is -2.24. The molecule has 1 aliphatic rings. The monoisotopic (exact) mass is 269 g/mol. The predicted molar refractivity (Wildman–Crippen MR) is 80.5 cm³/mol. The van der Waals surface area contributed by atoms with Crippen LogP contribution in [0.25, 0.3) is 0 Å². The van der Waals surface area contributed by atoms with Gasteiger partial charge in [-0.25, -0.2) is 0 Å². The number of ether oxygens (including phenoxy) is 2. The molecule has 3 heteroatoms. The van der Waals surface area contributed by atoms with E-state index in [0.717, 1.165) is 23.5 Å². The van der Waals surface area contributed by atoms with E-state index in [0.29, 0.717) is 11.4 Å². The molecule has 0 spiro atoms. The largest absolute Gasteiger partial charge is 0.483 e. The van der Waals surface area contributed by atoms with E-state index in [1.807, 2.05) is 37.3 Å². The SMILES string of the molecule is Cc1ccc(Oc2cccc3c2OC(C)(C)C3)c(N)c1. The van der Waals surface area contributed by atoms with Crippen LogP contribution in [-0.2, 0) is 6.42 Å². The molecule has 0 bridgehead atoms. The van der Waals surface area contributed by atoms with Crippen molar-refractivity contribution in [2.75, 3.05) is 5.73 Å². The highest BCUT2D eigenvalue weighted by molar-refractivity contribution is 5.58. The molecule has 0 atom stereocenters. The number of anilines is 1. The fourth-order valence-corrected chi connectivity index (χ4v) is 2.55. The summed E-state index contributed by atoms with van der Waals surface area (Å²) >= 11 is 0. The second-order valence-electron chi connectivity index (χ2n) is 5.93. The summed E-state index contributed by atoms with van der Waals surface area (Å²) in [5.41, 5.74) is 8.76. The van der Waals surface area contributed by atoms with Crippen molar-refractivity contribution in [1.29, 1.82) is 0 Å². The van der Waals surface area contributed by atoms with E-state index in [4.69, 9.17) is 15.2 Å². The van der Waals surface area contributed by atoms with Gasteiger partial charge in [0.25, 0.3) is 0 Å². The zero-order valence-electron chi connectivity index (χ0n) is 12.1. The van der Waals surface area contributed by atoms with E-state index < -0.39 is 0 Å². The van der Waals surface area contributed by atoms with Gasteiger partial charge in [0.15, 0.2) is 17.2 Å². The molecule has 104 valence electrons. The van der Waals surface area contributed by atoms with Crippen LogP contribution in [0, 0.1) is 6.92 Å². The van der Waals surface area contributed by atoms with Crippen LogP contribution in [0.5, 0.6) is 17.2 Å². The molecule has 2 aromatic rings. The molecule has 2 N–H and O–H groups in total. The summed E-state index contributed by atoms with van der Waals surface area (Å²) in [5, 5.41) is 0. The minimum atomic E-state index is -0.180. The third kappa shape index (κ3) is 2.31. The molecule has 1 aliphatic heterocycles. The van der Waals surface area contributed by atoms with Gasteiger partial charge in [-0.15, -0.1) is 0 Å². The lowest BCUT2D eigenvalue weighted by molar-refractivity contribution is 0.135. The molecule has 2 aromatic carbocycles. The van der Waals surface area contributed by atoms with Crippen LogP contribution >= 0.6 is 0 Å². The third-order valence-electron chi connectivity index (χ3n) is 3.44. The summed E-state index contributed by atoms with van der Waals surface area (Å²) in [6.07, 6.45) is 0.892. The quantitative estimate of drug-likeness (QED) is 0.835.